The van der Waals surface area contributed by atoms with E-state index in [1.165, 1.54) is 12.1 Å². The summed E-state index contributed by atoms with van der Waals surface area (Å²) >= 11 is 0. The van der Waals surface area contributed by atoms with Crippen LogP contribution in [-0.4, -0.2) is 12.6 Å². The third kappa shape index (κ3) is 3.23. The van der Waals surface area contributed by atoms with Crippen LogP contribution in [-0.2, 0) is 11.3 Å². The van der Waals surface area contributed by atoms with Gasteiger partial charge in [0.15, 0.2) is 0 Å². The molecule has 0 saturated heterocycles. The summed E-state index contributed by atoms with van der Waals surface area (Å²) in [6.45, 7) is 0.859. The third-order valence-corrected chi connectivity index (χ3v) is 3.28. The van der Waals surface area contributed by atoms with Gasteiger partial charge in [0.05, 0.1) is 12.7 Å². The third-order valence-electron chi connectivity index (χ3n) is 3.28. The number of ether oxygens (including phenoxy) is 1. The van der Waals surface area contributed by atoms with Crippen LogP contribution in [0.15, 0.2) is 18.2 Å². The molecule has 2 unspecified atom stereocenters. The van der Waals surface area contributed by atoms with Gasteiger partial charge in [0.2, 0.25) is 0 Å². The summed E-state index contributed by atoms with van der Waals surface area (Å²) in [6.07, 6.45) is 3.31. The van der Waals surface area contributed by atoms with Crippen LogP contribution in [0.5, 0.6) is 0 Å². The Kier molecular flexibility index (Phi) is 4.07. The Hall–Kier alpha value is -1.00. The fraction of sp³-hybridized carbons (Fsp3) is 0.538. The molecule has 0 aromatic heterocycles. The summed E-state index contributed by atoms with van der Waals surface area (Å²) in [7, 11) is 0. The molecule has 4 heteroatoms. The Morgan fingerprint density at radius 2 is 1.88 bits per heavy atom. The van der Waals surface area contributed by atoms with E-state index in [1.807, 2.05) is 0 Å². The van der Waals surface area contributed by atoms with E-state index >= 15 is 0 Å². The molecular formula is C13H17F2NO. The van der Waals surface area contributed by atoms with Crippen molar-refractivity contribution < 1.29 is 13.5 Å². The summed E-state index contributed by atoms with van der Waals surface area (Å²) in [5, 5.41) is 0. The van der Waals surface area contributed by atoms with E-state index in [4.69, 9.17) is 10.5 Å². The van der Waals surface area contributed by atoms with Crippen LogP contribution in [0, 0.1) is 17.6 Å². The second-order valence-electron chi connectivity index (χ2n) is 4.55. The number of halogens is 2. The minimum Gasteiger partial charge on any atom is -0.373 e. The SMILES string of the molecule is NCC1CCCC1OCc1cc(F)cc(F)c1. The van der Waals surface area contributed by atoms with Crippen molar-refractivity contribution in [3.8, 4) is 0 Å². The average Bonchev–Trinajstić information content (AvgIpc) is 2.72. The average molecular weight is 241 g/mol. The predicted octanol–water partition coefficient (Wildman–Crippen LogP) is 2.61. The van der Waals surface area contributed by atoms with E-state index in [9.17, 15) is 8.78 Å². The van der Waals surface area contributed by atoms with E-state index < -0.39 is 11.6 Å². The van der Waals surface area contributed by atoms with Crippen molar-refractivity contribution in [3.63, 3.8) is 0 Å². The van der Waals surface area contributed by atoms with Gasteiger partial charge in [-0.2, -0.15) is 0 Å². The van der Waals surface area contributed by atoms with Gasteiger partial charge in [-0.25, -0.2) is 8.78 Å². The van der Waals surface area contributed by atoms with Crippen molar-refractivity contribution in [2.24, 2.45) is 11.7 Å². The molecule has 2 rings (SSSR count). The lowest BCUT2D eigenvalue weighted by Crippen LogP contribution is -2.25. The highest BCUT2D eigenvalue weighted by atomic mass is 19.1. The molecule has 94 valence electrons. The van der Waals surface area contributed by atoms with Gasteiger partial charge in [0.25, 0.3) is 0 Å². The van der Waals surface area contributed by atoms with Crippen molar-refractivity contribution in [2.45, 2.75) is 32.0 Å². The zero-order valence-electron chi connectivity index (χ0n) is 9.66. The fourth-order valence-electron chi connectivity index (χ4n) is 2.39. The van der Waals surface area contributed by atoms with Gasteiger partial charge in [-0.05, 0) is 43.0 Å². The molecular weight excluding hydrogens is 224 g/mol. The van der Waals surface area contributed by atoms with Gasteiger partial charge in [0.1, 0.15) is 11.6 Å². The zero-order chi connectivity index (χ0) is 12.3. The molecule has 1 aliphatic carbocycles. The molecule has 2 nitrogen and oxygen atoms in total. The van der Waals surface area contributed by atoms with Crippen LogP contribution >= 0.6 is 0 Å². The maximum Gasteiger partial charge on any atom is 0.126 e. The van der Waals surface area contributed by atoms with Crippen LogP contribution < -0.4 is 5.73 Å². The molecule has 0 spiro atoms. The van der Waals surface area contributed by atoms with Crippen LogP contribution in [0.3, 0.4) is 0 Å². The number of benzene rings is 1. The predicted molar refractivity (Wildman–Crippen MR) is 61.3 cm³/mol. The molecule has 0 aliphatic heterocycles. The molecule has 0 bridgehead atoms. The minimum atomic E-state index is -0.564. The van der Waals surface area contributed by atoms with E-state index in [2.05, 4.69) is 0 Å². The lowest BCUT2D eigenvalue weighted by Gasteiger charge is -2.18. The van der Waals surface area contributed by atoms with Crippen LogP contribution in [0.25, 0.3) is 0 Å². The number of nitrogens with two attached hydrogens (primary N) is 1. The quantitative estimate of drug-likeness (QED) is 0.879. The molecule has 0 radical (unpaired) electrons. The first-order valence-corrected chi connectivity index (χ1v) is 5.95. The van der Waals surface area contributed by atoms with E-state index in [0.717, 1.165) is 25.3 Å². The Bertz CT molecular complexity index is 363. The summed E-state index contributed by atoms with van der Waals surface area (Å²) in [4.78, 5) is 0. The first-order valence-electron chi connectivity index (χ1n) is 5.95. The Labute approximate surface area is 99.8 Å². The topological polar surface area (TPSA) is 35.2 Å². The first kappa shape index (κ1) is 12.5. The van der Waals surface area contributed by atoms with E-state index in [-0.39, 0.29) is 12.7 Å². The van der Waals surface area contributed by atoms with Crippen molar-refractivity contribution in [2.75, 3.05) is 6.54 Å². The summed E-state index contributed by atoms with van der Waals surface area (Å²) in [5.41, 5.74) is 6.17. The Morgan fingerprint density at radius 1 is 1.18 bits per heavy atom. The van der Waals surface area contributed by atoms with Gasteiger partial charge in [-0.15, -0.1) is 0 Å². The molecule has 2 atom stereocenters. The molecule has 0 amide bonds. The molecule has 1 aromatic carbocycles. The van der Waals surface area contributed by atoms with Crippen molar-refractivity contribution in [1.82, 2.24) is 0 Å². The van der Waals surface area contributed by atoms with Gasteiger partial charge < -0.3 is 10.5 Å². The normalized spacial score (nSPS) is 24.2. The number of hydrogen-bond donors (Lipinski definition) is 1. The molecule has 17 heavy (non-hydrogen) atoms. The highest BCUT2D eigenvalue weighted by Crippen LogP contribution is 2.28. The lowest BCUT2D eigenvalue weighted by atomic mass is 10.1. The van der Waals surface area contributed by atoms with Crippen molar-refractivity contribution in [3.05, 3.63) is 35.4 Å². The van der Waals surface area contributed by atoms with Gasteiger partial charge in [-0.3, -0.25) is 0 Å². The summed E-state index contributed by atoms with van der Waals surface area (Å²) < 4.78 is 31.6. The lowest BCUT2D eigenvalue weighted by molar-refractivity contribution is 0.0180. The molecule has 0 heterocycles. The highest BCUT2D eigenvalue weighted by molar-refractivity contribution is 5.17. The number of rotatable bonds is 4. The first-order chi connectivity index (χ1) is 8.19. The molecule has 2 N–H and O–H groups in total. The van der Waals surface area contributed by atoms with Crippen LogP contribution in [0.1, 0.15) is 24.8 Å². The van der Waals surface area contributed by atoms with E-state index in [0.29, 0.717) is 18.0 Å². The molecule has 1 aliphatic rings. The van der Waals surface area contributed by atoms with Gasteiger partial charge in [0, 0.05) is 6.07 Å². The summed E-state index contributed by atoms with van der Waals surface area (Å²) in [5.74, 6) is -0.746. The zero-order valence-corrected chi connectivity index (χ0v) is 9.66. The maximum absolute atomic E-state index is 13.0. The van der Waals surface area contributed by atoms with Crippen molar-refractivity contribution >= 4 is 0 Å². The Morgan fingerprint density at radius 3 is 2.53 bits per heavy atom. The number of hydrogen-bond acceptors (Lipinski definition) is 2. The van der Waals surface area contributed by atoms with Crippen LogP contribution in [0.4, 0.5) is 8.78 Å². The van der Waals surface area contributed by atoms with Gasteiger partial charge >= 0.3 is 0 Å². The molecule has 1 aromatic rings. The maximum atomic E-state index is 13.0. The van der Waals surface area contributed by atoms with Gasteiger partial charge in [-0.1, -0.05) is 6.42 Å². The molecule has 1 fully saturated rings. The second kappa shape index (κ2) is 5.56. The smallest absolute Gasteiger partial charge is 0.126 e. The largest absolute Gasteiger partial charge is 0.373 e. The standard InChI is InChI=1S/C13H17F2NO/c14-11-4-9(5-12(15)6-11)8-17-13-3-1-2-10(13)7-16/h4-6,10,13H,1-3,7-8,16H2. The monoisotopic (exact) mass is 241 g/mol. The Balaban J connectivity index is 1.93. The molecule has 1 saturated carbocycles. The van der Waals surface area contributed by atoms with E-state index in [1.54, 1.807) is 0 Å². The fourth-order valence-corrected chi connectivity index (χ4v) is 2.39. The van der Waals surface area contributed by atoms with Crippen molar-refractivity contribution in [1.29, 1.82) is 0 Å². The van der Waals surface area contributed by atoms with Crippen LogP contribution in [0.2, 0.25) is 0 Å². The minimum absolute atomic E-state index is 0.131. The second-order valence-corrected chi connectivity index (χ2v) is 4.55. The highest BCUT2D eigenvalue weighted by Gasteiger charge is 2.26. The summed E-state index contributed by atoms with van der Waals surface area (Å²) in [6, 6.07) is 3.47.